The Bertz CT molecular complexity index is 1110. The lowest BCUT2D eigenvalue weighted by Crippen LogP contribution is -2.51. The van der Waals surface area contributed by atoms with Crippen LogP contribution in [0.5, 0.6) is 0 Å². The summed E-state index contributed by atoms with van der Waals surface area (Å²) in [6, 6.07) is 14.2. The molecule has 0 radical (unpaired) electrons. The number of nitrogens with one attached hydrogen (secondary N) is 1. The van der Waals surface area contributed by atoms with E-state index >= 15 is 0 Å². The van der Waals surface area contributed by atoms with Crippen LogP contribution in [-0.2, 0) is 14.3 Å². The average molecular weight is 484 g/mol. The van der Waals surface area contributed by atoms with E-state index in [2.05, 4.69) is 5.32 Å². The van der Waals surface area contributed by atoms with Crippen molar-refractivity contribution in [2.24, 2.45) is 17.8 Å². The van der Waals surface area contributed by atoms with Crippen LogP contribution in [0.4, 0.5) is 13.6 Å². The SMILES string of the molecule is O=C(NC(CC(F)F)C(=O)N1CC[C@H]2C(C(=O)O)[C@H]2C1)OCC1c2ccccc2-c2ccccc21. The average Bonchev–Trinajstić information content (AvgIpc) is 3.49. The molecule has 2 fully saturated rings. The number of amides is 2. The van der Waals surface area contributed by atoms with E-state index in [1.165, 1.54) is 4.90 Å². The fourth-order valence-electron chi connectivity index (χ4n) is 5.71. The summed E-state index contributed by atoms with van der Waals surface area (Å²) in [5.74, 6) is -2.34. The molecule has 35 heavy (non-hydrogen) atoms. The maximum Gasteiger partial charge on any atom is 0.407 e. The molecule has 1 saturated carbocycles. The zero-order valence-corrected chi connectivity index (χ0v) is 18.9. The first kappa shape index (κ1) is 23.3. The fourth-order valence-corrected chi connectivity index (χ4v) is 5.71. The number of hydrogen-bond donors (Lipinski definition) is 2. The number of rotatable bonds is 7. The van der Waals surface area contributed by atoms with E-state index < -0.39 is 42.8 Å². The molecule has 7 nitrogen and oxygen atoms in total. The molecule has 1 saturated heterocycles. The highest BCUT2D eigenvalue weighted by Crippen LogP contribution is 2.51. The molecule has 0 bridgehead atoms. The van der Waals surface area contributed by atoms with Crippen molar-refractivity contribution in [1.82, 2.24) is 10.2 Å². The first-order valence-corrected chi connectivity index (χ1v) is 11.8. The van der Waals surface area contributed by atoms with E-state index in [9.17, 15) is 28.3 Å². The molecule has 9 heteroatoms. The summed E-state index contributed by atoms with van der Waals surface area (Å²) < 4.78 is 31.9. The van der Waals surface area contributed by atoms with Gasteiger partial charge in [-0.25, -0.2) is 13.6 Å². The molecule has 2 N–H and O–H groups in total. The number of carboxylic acids is 1. The Morgan fingerprint density at radius 3 is 2.26 bits per heavy atom. The Labute approximate surface area is 201 Å². The van der Waals surface area contributed by atoms with Gasteiger partial charge in [0.25, 0.3) is 0 Å². The quantitative estimate of drug-likeness (QED) is 0.625. The van der Waals surface area contributed by atoms with Gasteiger partial charge in [0, 0.05) is 25.4 Å². The molecule has 2 aromatic rings. The number of carbonyl (C=O) groups excluding carboxylic acids is 2. The van der Waals surface area contributed by atoms with Crippen molar-refractivity contribution < 1.29 is 33.0 Å². The van der Waals surface area contributed by atoms with E-state index in [1.807, 2.05) is 48.5 Å². The minimum atomic E-state index is -2.80. The number of benzene rings is 2. The predicted molar refractivity (Wildman–Crippen MR) is 122 cm³/mol. The summed E-state index contributed by atoms with van der Waals surface area (Å²) in [7, 11) is 0. The van der Waals surface area contributed by atoms with Crippen molar-refractivity contribution >= 4 is 18.0 Å². The number of alkyl carbamates (subject to hydrolysis) is 1. The van der Waals surface area contributed by atoms with Crippen LogP contribution >= 0.6 is 0 Å². The number of fused-ring (bicyclic) bond motifs is 4. The molecule has 5 rings (SSSR count). The van der Waals surface area contributed by atoms with E-state index in [0.717, 1.165) is 22.3 Å². The van der Waals surface area contributed by atoms with Crippen LogP contribution < -0.4 is 5.32 Å². The highest BCUT2D eigenvalue weighted by Gasteiger charge is 2.57. The number of likely N-dealkylation sites (tertiary alicyclic amines) is 1. The molecule has 0 aromatic heterocycles. The Morgan fingerprint density at radius 2 is 1.66 bits per heavy atom. The molecule has 0 spiro atoms. The van der Waals surface area contributed by atoms with Crippen LogP contribution in [0, 0.1) is 17.8 Å². The normalized spacial score (nSPS) is 23.2. The zero-order valence-electron chi connectivity index (χ0n) is 18.9. The van der Waals surface area contributed by atoms with E-state index in [0.29, 0.717) is 6.42 Å². The second-order valence-corrected chi connectivity index (χ2v) is 9.41. The van der Waals surface area contributed by atoms with Crippen molar-refractivity contribution in [3.8, 4) is 11.1 Å². The second-order valence-electron chi connectivity index (χ2n) is 9.41. The number of alkyl halides is 2. The first-order chi connectivity index (χ1) is 16.8. The highest BCUT2D eigenvalue weighted by molar-refractivity contribution is 5.86. The van der Waals surface area contributed by atoms with Gasteiger partial charge >= 0.3 is 12.1 Å². The molecule has 1 aliphatic heterocycles. The van der Waals surface area contributed by atoms with Crippen molar-refractivity contribution in [3.05, 3.63) is 59.7 Å². The largest absolute Gasteiger partial charge is 0.481 e. The summed E-state index contributed by atoms with van der Waals surface area (Å²) in [6.07, 6.45) is -4.06. The Balaban J connectivity index is 1.23. The topological polar surface area (TPSA) is 95.9 Å². The van der Waals surface area contributed by atoms with Gasteiger partial charge in [0.1, 0.15) is 12.6 Å². The van der Waals surface area contributed by atoms with Crippen molar-refractivity contribution in [2.75, 3.05) is 19.7 Å². The van der Waals surface area contributed by atoms with Crippen molar-refractivity contribution in [3.63, 3.8) is 0 Å². The predicted octanol–water partition coefficient (Wildman–Crippen LogP) is 3.73. The van der Waals surface area contributed by atoms with E-state index in [4.69, 9.17) is 4.74 Å². The number of ether oxygens (including phenoxy) is 1. The summed E-state index contributed by atoms with van der Waals surface area (Å²) in [6.45, 7) is 0.492. The third kappa shape index (κ3) is 4.47. The Morgan fingerprint density at radius 1 is 1.03 bits per heavy atom. The molecule has 2 unspecified atom stereocenters. The van der Waals surface area contributed by atoms with Crippen LogP contribution in [0.3, 0.4) is 0 Å². The zero-order chi connectivity index (χ0) is 24.7. The molecule has 3 aliphatic rings. The molecule has 2 aromatic carbocycles. The molecule has 2 aliphatic carbocycles. The second kappa shape index (κ2) is 9.28. The van der Waals surface area contributed by atoms with Gasteiger partial charge in [0.15, 0.2) is 0 Å². The van der Waals surface area contributed by atoms with E-state index in [-0.39, 0.29) is 37.5 Å². The number of hydrogen-bond acceptors (Lipinski definition) is 4. The molecule has 4 atom stereocenters. The highest BCUT2D eigenvalue weighted by atomic mass is 19.3. The van der Waals surface area contributed by atoms with Gasteiger partial charge < -0.3 is 20.1 Å². The lowest BCUT2D eigenvalue weighted by molar-refractivity contribution is -0.139. The third-order valence-electron chi connectivity index (χ3n) is 7.44. The summed E-state index contributed by atoms with van der Waals surface area (Å²) in [5.41, 5.74) is 4.15. The van der Waals surface area contributed by atoms with Gasteiger partial charge in [-0.05, 0) is 40.5 Å². The van der Waals surface area contributed by atoms with Crippen molar-refractivity contribution in [2.45, 2.75) is 31.2 Å². The van der Waals surface area contributed by atoms with Crippen LogP contribution in [-0.4, -0.2) is 60.1 Å². The maximum atomic E-state index is 13.2. The molecule has 2 amide bonds. The summed E-state index contributed by atoms with van der Waals surface area (Å²) in [5, 5.41) is 11.6. The number of carbonyl (C=O) groups is 3. The van der Waals surface area contributed by atoms with Crippen LogP contribution in [0.25, 0.3) is 11.1 Å². The van der Waals surface area contributed by atoms with E-state index in [1.54, 1.807) is 0 Å². The van der Waals surface area contributed by atoms with Gasteiger partial charge in [0.05, 0.1) is 5.92 Å². The van der Waals surface area contributed by atoms with Gasteiger partial charge in [-0.1, -0.05) is 48.5 Å². The summed E-state index contributed by atoms with van der Waals surface area (Å²) >= 11 is 0. The molecular weight excluding hydrogens is 458 g/mol. The third-order valence-corrected chi connectivity index (χ3v) is 7.44. The van der Waals surface area contributed by atoms with Crippen LogP contribution in [0.15, 0.2) is 48.5 Å². The van der Waals surface area contributed by atoms with Gasteiger partial charge in [-0.2, -0.15) is 0 Å². The number of nitrogens with zero attached hydrogens (tertiary/aromatic N) is 1. The molecule has 1 heterocycles. The maximum absolute atomic E-state index is 13.2. The smallest absolute Gasteiger partial charge is 0.407 e. The Kier molecular flexibility index (Phi) is 6.17. The number of aliphatic carboxylic acids is 1. The monoisotopic (exact) mass is 484 g/mol. The fraction of sp³-hybridized carbons (Fsp3) is 0.423. The minimum absolute atomic E-state index is 0.00318. The van der Waals surface area contributed by atoms with Crippen LogP contribution in [0.2, 0.25) is 0 Å². The van der Waals surface area contributed by atoms with Gasteiger partial charge in [-0.3, -0.25) is 9.59 Å². The van der Waals surface area contributed by atoms with Gasteiger partial charge in [-0.15, -0.1) is 0 Å². The number of piperidine rings is 1. The first-order valence-electron chi connectivity index (χ1n) is 11.8. The number of carboxylic acid groups (broad SMARTS) is 1. The number of halogens is 2. The molecule has 184 valence electrons. The standard InChI is InChI=1S/C26H26F2N2O5/c27-22(28)11-21(24(31)30-10-9-18-19(12-30)23(18)25(32)33)29-26(34)35-13-20-16-7-3-1-5-14(16)15-6-2-4-8-17(15)20/h1-8,18-23H,9-13H2,(H,29,34)(H,32,33)/t18-,19+,21?,23?/m1/s1. The lowest BCUT2D eigenvalue weighted by atomic mass is 9.98. The van der Waals surface area contributed by atoms with Gasteiger partial charge in [0.2, 0.25) is 12.3 Å². The minimum Gasteiger partial charge on any atom is -0.481 e. The van der Waals surface area contributed by atoms with Crippen molar-refractivity contribution in [1.29, 1.82) is 0 Å². The Hall–Kier alpha value is -3.49. The lowest BCUT2D eigenvalue weighted by Gasteiger charge is -2.30. The summed E-state index contributed by atoms with van der Waals surface area (Å²) in [4.78, 5) is 38.2. The van der Waals surface area contributed by atoms with Crippen LogP contribution in [0.1, 0.15) is 29.9 Å². The molecular formula is C26H26F2N2O5.